The van der Waals surface area contributed by atoms with E-state index in [-0.39, 0.29) is 5.56 Å². The third kappa shape index (κ3) is 3.51. The highest BCUT2D eigenvalue weighted by molar-refractivity contribution is 6.30. The van der Waals surface area contributed by atoms with Gasteiger partial charge in [0.15, 0.2) is 0 Å². The van der Waals surface area contributed by atoms with Crippen LogP contribution in [0.5, 0.6) is 5.75 Å². The molecule has 4 nitrogen and oxygen atoms in total. The van der Waals surface area contributed by atoms with E-state index in [0.717, 1.165) is 17.0 Å². The monoisotopic (exact) mass is 278 g/mol. The summed E-state index contributed by atoms with van der Waals surface area (Å²) in [5.74, 6) is 0.738. The first-order valence-electron chi connectivity index (χ1n) is 5.91. The van der Waals surface area contributed by atoms with Crippen LogP contribution in [0.25, 0.3) is 0 Å². The predicted molar refractivity (Wildman–Crippen MR) is 76.8 cm³/mol. The Hall–Kier alpha value is -1.94. The number of nitrogens with two attached hydrogens (primary N) is 1. The summed E-state index contributed by atoms with van der Waals surface area (Å²) in [6, 6.07) is 8.50. The Labute approximate surface area is 116 Å². The zero-order valence-corrected chi connectivity index (χ0v) is 11.4. The van der Waals surface area contributed by atoms with E-state index in [0.29, 0.717) is 18.2 Å². The lowest BCUT2D eigenvalue weighted by Gasteiger charge is -2.09. The van der Waals surface area contributed by atoms with Gasteiger partial charge in [0.2, 0.25) is 0 Å². The third-order valence-electron chi connectivity index (χ3n) is 2.79. The van der Waals surface area contributed by atoms with Crippen molar-refractivity contribution >= 4 is 17.3 Å². The SMILES string of the molecule is Cc1cc(OCCn2cc(Cl)ccc2=O)ccc1N. The number of nitrogens with zero attached hydrogens (tertiary/aromatic N) is 1. The van der Waals surface area contributed by atoms with Crippen LogP contribution < -0.4 is 16.0 Å². The normalized spacial score (nSPS) is 10.4. The average Bonchev–Trinajstić information content (AvgIpc) is 2.38. The Balaban J connectivity index is 1.98. The molecule has 19 heavy (non-hydrogen) atoms. The van der Waals surface area contributed by atoms with Crippen molar-refractivity contribution in [3.05, 3.63) is 57.5 Å². The van der Waals surface area contributed by atoms with Gasteiger partial charge in [-0.1, -0.05) is 11.6 Å². The molecule has 1 aromatic carbocycles. The molecule has 0 saturated carbocycles. The van der Waals surface area contributed by atoms with E-state index in [1.165, 1.54) is 10.6 Å². The number of aryl methyl sites for hydroxylation is 1. The zero-order chi connectivity index (χ0) is 13.8. The van der Waals surface area contributed by atoms with Crippen molar-refractivity contribution < 1.29 is 4.74 Å². The van der Waals surface area contributed by atoms with Crippen molar-refractivity contribution in [1.82, 2.24) is 4.57 Å². The summed E-state index contributed by atoms with van der Waals surface area (Å²) in [4.78, 5) is 11.5. The predicted octanol–water partition coefficient (Wildman–Crippen LogP) is 2.47. The molecule has 0 bridgehead atoms. The second-order valence-electron chi connectivity index (χ2n) is 4.25. The minimum Gasteiger partial charge on any atom is -0.492 e. The van der Waals surface area contributed by atoms with Gasteiger partial charge in [0.25, 0.3) is 5.56 Å². The number of pyridine rings is 1. The van der Waals surface area contributed by atoms with E-state index < -0.39 is 0 Å². The van der Waals surface area contributed by atoms with E-state index in [1.54, 1.807) is 18.3 Å². The molecule has 0 saturated heterocycles. The first-order chi connectivity index (χ1) is 9.06. The van der Waals surface area contributed by atoms with Gasteiger partial charge in [-0.15, -0.1) is 0 Å². The van der Waals surface area contributed by atoms with Gasteiger partial charge in [-0.2, -0.15) is 0 Å². The number of hydrogen-bond donors (Lipinski definition) is 1. The van der Waals surface area contributed by atoms with E-state index in [1.807, 2.05) is 19.1 Å². The van der Waals surface area contributed by atoms with Crippen molar-refractivity contribution in [2.75, 3.05) is 12.3 Å². The van der Waals surface area contributed by atoms with Crippen LogP contribution >= 0.6 is 11.6 Å². The second kappa shape index (κ2) is 5.80. The van der Waals surface area contributed by atoms with Crippen molar-refractivity contribution in [3.8, 4) is 5.75 Å². The summed E-state index contributed by atoms with van der Waals surface area (Å²) in [6.45, 7) is 2.76. The third-order valence-corrected chi connectivity index (χ3v) is 3.01. The quantitative estimate of drug-likeness (QED) is 0.874. The van der Waals surface area contributed by atoms with Gasteiger partial charge in [0.05, 0.1) is 11.6 Å². The maximum Gasteiger partial charge on any atom is 0.250 e. The van der Waals surface area contributed by atoms with Gasteiger partial charge in [0, 0.05) is 18.0 Å². The molecule has 0 aliphatic heterocycles. The molecule has 0 amide bonds. The molecule has 0 aliphatic carbocycles. The Morgan fingerprint density at radius 3 is 2.84 bits per heavy atom. The minimum absolute atomic E-state index is 0.0958. The number of nitrogen functional groups attached to an aromatic ring is 1. The number of ether oxygens (including phenoxy) is 1. The van der Waals surface area contributed by atoms with Crippen LogP contribution in [-0.4, -0.2) is 11.2 Å². The van der Waals surface area contributed by atoms with Crippen LogP contribution in [0.4, 0.5) is 5.69 Å². The van der Waals surface area contributed by atoms with Crippen LogP contribution in [0.15, 0.2) is 41.3 Å². The van der Waals surface area contributed by atoms with Crippen LogP contribution in [-0.2, 0) is 6.54 Å². The Morgan fingerprint density at radius 1 is 1.32 bits per heavy atom. The Kier molecular flexibility index (Phi) is 4.12. The average molecular weight is 279 g/mol. The topological polar surface area (TPSA) is 57.2 Å². The Bertz CT molecular complexity index is 638. The number of anilines is 1. The number of halogens is 1. The van der Waals surface area contributed by atoms with Gasteiger partial charge < -0.3 is 15.0 Å². The molecule has 0 unspecified atom stereocenters. The van der Waals surface area contributed by atoms with Gasteiger partial charge in [-0.3, -0.25) is 4.79 Å². The van der Waals surface area contributed by atoms with E-state index >= 15 is 0 Å². The maximum atomic E-state index is 11.5. The molecular formula is C14H15ClN2O2. The molecule has 2 N–H and O–H groups in total. The van der Waals surface area contributed by atoms with E-state index in [4.69, 9.17) is 22.1 Å². The van der Waals surface area contributed by atoms with Crippen molar-refractivity contribution in [1.29, 1.82) is 0 Å². The molecule has 1 aromatic heterocycles. The fraction of sp³-hybridized carbons (Fsp3) is 0.214. The summed E-state index contributed by atoms with van der Waals surface area (Å²) < 4.78 is 7.10. The van der Waals surface area contributed by atoms with Gasteiger partial charge in [0.1, 0.15) is 12.4 Å². The zero-order valence-electron chi connectivity index (χ0n) is 10.6. The van der Waals surface area contributed by atoms with Crippen LogP contribution in [0.1, 0.15) is 5.56 Å². The first-order valence-corrected chi connectivity index (χ1v) is 6.29. The fourth-order valence-electron chi connectivity index (χ4n) is 1.68. The molecule has 1 heterocycles. The molecule has 5 heteroatoms. The van der Waals surface area contributed by atoms with Gasteiger partial charge in [-0.25, -0.2) is 0 Å². The highest BCUT2D eigenvalue weighted by Crippen LogP contribution is 2.18. The molecule has 0 aliphatic rings. The molecule has 0 spiro atoms. The van der Waals surface area contributed by atoms with Crippen molar-refractivity contribution in [3.63, 3.8) is 0 Å². The highest BCUT2D eigenvalue weighted by Gasteiger charge is 2.00. The van der Waals surface area contributed by atoms with Crippen molar-refractivity contribution in [2.45, 2.75) is 13.5 Å². The smallest absolute Gasteiger partial charge is 0.250 e. The maximum absolute atomic E-state index is 11.5. The lowest BCUT2D eigenvalue weighted by molar-refractivity contribution is 0.296. The first kappa shape index (κ1) is 13.5. The lowest BCUT2D eigenvalue weighted by Crippen LogP contribution is -2.21. The van der Waals surface area contributed by atoms with Gasteiger partial charge in [-0.05, 0) is 36.8 Å². The van der Waals surface area contributed by atoms with E-state index in [2.05, 4.69) is 0 Å². The van der Waals surface area contributed by atoms with Gasteiger partial charge >= 0.3 is 0 Å². The van der Waals surface area contributed by atoms with Crippen LogP contribution in [0.3, 0.4) is 0 Å². The molecule has 0 atom stereocenters. The molecule has 0 radical (unpaired) electrons. The highest BCUT2D eigenvalue weighted by atomic mass is 35.5. The summed E-state index contributed by atoms with van der Waals surface area (Å²) in [5, 5.41) is 0.530. The van der Waals surface area contributed by atoms with Crippen LogP contribution in [0, 0.1) is 6.92 Å². The summed E-state index contributed by atoms with van der Waals surface area (Å²) in [5.41, 5.74) is 7.34. The standard InChI is InChI=1S/C14H15ClN2O2/c1-10-8-12(3-4-13(10)16)19-7-6-17-9-11(15)2-5-14(17)18/h2-5,8-9H,6-7,16H2,1H3. The minimum atomic E-state index is -0.0958. The van der Waals surface area contributed by atoms with Crippen LogP contribution in [0.2, 0.25) is 5.02 Å². The molecule has 2 rings (SSSR count). The molecule has 2 aromatic rings. The van der Waals surface area contributed by atoms with Crippen molar-refractivity contribution in [2.24, 2.45) is 0 Å². The lowest BCUT2D eigenvalue weighted by atomic mass is 10.2. The fourth-order valence-corrected chi connectivity index (χ4v) is 1.86. The second-order valence-corrected chi connectivity index (χ2v) is 4.68. The number of aromatic nitrogens is 1. The molecular weight excluding hydrogens is 264 g/mol. The molecule has 100 valence electrons. The largest absolute Gasteiger partial charge is 0.492 e. The summed E-state index contributed by atoms with van der Waals surface area (Å²) in [7, 11) is 0. The summed E-state index contributed by atoms with van der Waals surface area (Å²) >= 11 is 5.84. The number of benzene rings is 1. The molecule has 0 fully saturated rings. The van der Waals surface area contributed by atoms with E-state index in [9.17, 15) is 4.79 Å². The number of rotatable bonds is 4. The Morgan fingerprint density at radius 2 is 2.11 bits per heavy atom. The number of hydrogen-bond acceptors (Lipinski definition) is 3. The summed E-state index contributed by atoms with van der Waals surface area (Å²) in [6.07, 6.45) is 1.60.